The molecule has 0 aromatic heterocycles. The summed E-state index contributed by atoms with van der Waals surface area (Å²) in [7, 11) is 0. The van der Waals surface area contributed by atoms with Gasteiger partial charge in [0.25, 0.3) is 5.91 Å². The number of nitrogens with one attached hydrogen (secondary N) is 1. The van der Waals surface area contributed by atoms with E-state index in [9.17, 15) is 14.4 Å². The van der Waals surface area contributed by atoms with Crippen LogP contribution in [0.5, 0.6) is 0 Å². The monoisotopic (exact) mass is 279 g/mol. The van der Waals surface area contributed by atoms with Crippen LogP contribution in [0.3, 0.4) is 0 Å². The predicted octanol–water partition coefficient (Wildman–Crippen LogP) is 0.911. The lowest BCUT2D eigenvalue weighted by Crippen LogP contribution is -2.42. The second-order valence-corrected chi connectivity index (χ2v) is 4.14. The van der Waals surface area contributed by atoms with Crippen molar-refractivity contribution in [1.82, 2.24) is 5.32 Å². The lowest BCUT2D eigenvalue weighted by atomic mass is 10.2. The quantitative estimate of drug-likeness (QED) is 0.783. The number of carbonyl (C=O) groups is 3. The van der Waals surface area contributed by atoms with Crippen molar-refractivity contribution in [2.75, 3.05) is 13.2 Å². The fraction of sp³-hybridized carbons (Fsp3) is 0.357. The van der Waals surface area contributed by atoms with E-state index in [1.165, 1.54) is 13.8 Å². The fourth-order valence-corrected chi connectivity index (χ4v) is 1.43. The predicted molar refractivity (Wildman–Crippen MR) is 71.0 cm³/mol. The molecule has 1 aromatic rings. The molecule has 0 saturated carbocycles. The summed E-state index contributed by atoms with van der Waals surface area (Å²) < 4.78 is 9.66. The molecule has 6 heteroatoms. The summed E-state index contributed by atoms with van der Waals surface area (Å²) >= 11 is 0. The molecule has 20 heavy (non-hydrogen) atoms. The van der Waals surface area contributed by atoms with Gasteiger partial charge < -0.3 is 14.8 Å². The molecule has 0 aliphatic heterocycles. The van der Waals surface area contributed by atoms with E-state index < -0.39 is 18.0 Å². The van der Waals surface area contributed by atoms with E-state index in [2.05, 4.69) is 5.32 Å². The van der Waals surface area contributed by atoms with Crippen molar-refractivity contribution in [2.24, 2.45) is 0 Å². The first-order chi connectivity index (χ1) is 9.49. The molecular formula is C14H17NO5. The smallest absolute Gasteiger partial charge is 0.302 e. The SMILES string of the molecule is CC(=O)OCC(COC(C)=O)NC(=O)c1ccccc1. The molecule has 108 valence electrons. The van der Waals surface area contributed by atoms with Crippen LogP contribution in [0.25, 0.3) is 0 Å². The Kier molecular flexibility index (Phi) is 6.22. The molecule has 0 spiro atoms. The first-order valence-electron chi connectivity index (χ1n) is 6.11. The third-order valence-corrected chi connectivity index (χ3v) is 2.35. The minimum Gasteiger partial charge on any atom is -0.464 e. The zero-order valence-electron chi connectivity index (χ0n) is 11.4. The Labute approximate surface area is 117 Å². The first kappa shape index (κ1) is 15.7. The number of ether oxygens (including phenoxy) is 2. The van der Waals surface area contributed by atoms with E-state index in [0.717, 1.165) is 0 Å². The largest absolute Gasteiger partial charge is 0.464 e. The zero-order chi connectivity index (χ0) is 15.0. The molecule has 1 aromatic carbocycles. The maximum atomic E-state index is 12.0. The Morgan fingerprint density at radius 2 is 1.50 bits per heavy atom. The second kappa shape index (κ2) is 7.93. The zero-order valence-corrected chi connectivity index (χ0v) is 11.4. The van der Waals surface area contributed by atoms with Crippen molar-refractivity contribution in [3.63, 3.8) is 0 Å². The molecule has 1 amide bonds. The summed E-state index contributed by atoms with van der Waals surface area (Å²) in [5.41, 5.74) is 0.475. The fourth-order valence-electron chi connectivity index (χ4n) is 1.43. The minimum atomic E-state index is -0.587. The summed E-state index contributed by atoms with van der Waals surface area (Å²) in [5, 5.41) is 2.65. The molecule has 0 unspecified atom stereocenters. The van der Waals surface area contributed by atoms with Crippen LogP contribution in [0, 0.1) is 0 Å². The van der Waals surface area contributed by atoms with E-state index in [1.54, 1.807) is 30.3 Å². The first-order valence-corrected chi connectivity index (χ1v) is 6.11. The number of benzene rings is 1. The van der Waals surface area contributed by atoms with E-state index in [0.29, 0.717) is 5.56 Å². The molecule has 0 bridgehead atoms. The molecule has 0 fully saturated rings. The Morgan fingerprint density at radius 1 is 1.00 bits per heavy atom. The molecule has 0 radical (unpaired) electrons. The summed E-state index contributed by atoms with van der Waals surface area (Å²) in [6.07, 6.45) is 0. The number of amides is 1. The second-order valence-electron chi connectivity index (χ2n) is 4.14. The summed E-state index contributed by atoms with van der Waals surface area (Å²) in [6.45, 7) is 2.42. The highest BCUT2D eigenvalue weighted by Gasteiger charge is 2.16. The van der Waals surface area contributed by atoms with Gasteiger partial charge in [-0.3, -0.25) is 14.4 Å². The van der Waals surface area contributed by atoms with Crippen LogP contribution >= 0.6 is 0 Å². The van der Waals surface area contributed by atoms with Gasteiger partial charge in [-0.25, -0.2) is 0 Å². The molecule has 0 heterocycles. The molecular weight excluding hydrogens is 262 g/mol. The average molecular weight is 279 g/mol. The van der Waals surface area contributed by atoms with Crippen LogP contribution in [0.2, 0.25) is 0 Å². The summed E-state index contributed by atoms with van der Waals surface area (Å²) in [4.78, 5) is 33.6. The normalized spacial score (nSPS) is 9.95. The molecule has 0 aliphatic rings. The highest BCUT2D eigenvalue weighted by Crippen LogP contribution is 2.00. The van der Waals surface area contributed by atoms with Gasteiger partial charge in [0.2, 0.25) is 0 Å². The van der Waals surface area contributed by atoms with Gasteiger partial charge in [0.15, 0.2) is 0 Å². The molecule has 0 saturated heterocycles. The van der Waals surface area contributed by atoms with Gasteiger partial charge in [-0.15, -0.1) is 0 Å². The molecule has 1 rings (SSSR count). The highest BCUT2D eigenvalue weighted by atomic mass is 16.5. The summed E-state index contributed by atoms with van der Waals surface area (Å²) in [5.74, 6) is -1.26. The van der Waals surface area contributed by atoms with Crippen molar-refractivity contribution in [3.05, 3.63) is 35.9 Å². The van der Waals surface area contributed by atoms with Crippen LogP contribution in [-0.4, -0.2) is 37.1 Å². The number of carbonyl (C=O) groups excluding carboxylic acids is 3. The Hall–Kier alpha value is -2.37. The van der Waals surface area contributed by atoms with Gasteiger partial charge in [0.05, 0.1) is 6.04 Å². The Bertz CT molecular complexity index is 454. The molecule has 0 atom stereocenters. The van der Waals surface area contributed by atoms with Crippen molar-refractivity contribution in [3.8, 4) is 0 Å². The Balaban J connectivity index is 2.60. The lowest BCUT2D eigenvalue weighted by molar-refractivity contribution is -0.144. The maximum absolute atomic E-state index is 12.0. The lowest BCUT2D eigenvalue weighted by Gasteiger charge is -2.18. The third kappa shape index (κ3) is 5.99. The van der Waals surface area contributed by atoms with Crippen LogP contribution in [-0.2, 0) is 19.1 Å². The molecule has 0 aliphatic carbocycles. The standard InChI is InChI=1S/C14H17NO5/c1-10(16)19-8-13(9-20-11(2)17)15-14(18)12-6-4-3-5-7-12/h3-7,13H,8-9H2,1-2H3,(H,15,18). The van der Waals surface area contributed by atoms with Gasteiger partial charge in [-0.2, -0.15) is 0 Å². The van der Waals surface area contributed by atoms with E-state index in [1.807, 2.05) is 0 Å². The Morgan fingerprint density at radius 3 is 1.95 bits per heavy atom. The van der Waals surface area contributed by atoms with Gasteiger partial charge in [-0.1, -0.05) is 18.2 Å². The van der Waals surface area contributed by atoms with Crippen molar-refractivity contribution < 1.29 is 23.9 Å². The van der Waals surface area contributed by atoms with Gasteiger partial charge >= 0.3 is 11.9 Å². The van der Waals surface area contributed by atoms with Crippen LogP contribution in [0.15, 0.2) is 30.3 Å². The number of esters is 2. The summed E-state index contributed by atoms with van der Waals surface area (Å²) in [6, 6.07) is 8.00. The average Bonchev–Trinajstić information content (AvgIpc) is 2.42. The van der Waals surface area contributed by atoms with Crippen LogP contribution in [0.4, 0.5) is 0 Å². The highest BCUT2D eigenvalue weighted by molar-refractivity contribution is 5.94. The minimum absolute atomic E-state index is 0.0544. The number of hydrogen-bond donors (Lipinski definition) is 1. The third-order valence-electron chi connectivity index (χ3n) is 2.35. The van der Waals surface area contributed by atoms with Gasteiger partial charge in [0, 0.05) is 19.4 Å². The molecule has 6 nitrogen and oxygen atoms in total. The number of rotatable bonds is 6. The van der Waals surface area contributed by atoms with Crippen LogP contribution < -0.4 is 5.32 Å². The van der Waals surface area contributed by atoms with Crippen LogP contribution in [0.1, 0.15) is 24.2 Å². The van der Waals surface area contributed by atoms with Crippen molar-refractivity contribution >= 4 is 17.8 Å². The van der Waals surface area contributed by atoms with E-state index in [-0.39, 0.29) is 19.1 Å². The van der Waals surface area contributed by atoms with E-state index >= 15 is 0 Å². The molecule has 1 N–H and O–H groups in total. The number of hydrogen-bond acceptors (Lipinski definition) is 5. The van der Waals surface area contributed by atoms with Gasteiger partial charge in [0.1, 0.15) is 13.2 Å². The van der Waals surface area contributed by atoms with Gasteiger partial charge in [-0.05, 0) is 12.1 Å². The van der Waals surface area contributed by atoms with Crippen molar-refractivity contribution in [2.45, 2.75) is 19.9 Å². The maximum Gasteiger partial charge on any atom is 0.302 e. The topological polar surface area (TPSA) is 81.7 Å². The van der Waals surface area contributed by atoms with E-state index in [4.69, 9.17) is 9.47 Å². The van der Waals surface area contributed by atoms with Crippen molar-refractivity contribution in [1.29, 1.82) is 0 Å².